The maximum atomic E-state index is 13.2. The lowest BCUT2D eigenvalue weighted by molar-refractivity contribution is -0.136. The van der Waals surface area contributed by atoms with E-state index in [1.54, 1.807) is 6.07 Å². The van der Waals surface area contributed by atoms with Crippen LogP contribution in [0.2, 0.25) is 0 Å². The molecule has 0 bridgehead atoms. The average molecular weight is 288 g/mol. The molecule has 2 aromatic rings. The molecule has 1 heterocycles. The second-order valence-corrected chi connectivity index (χ2v) is 5.05. The van der Waals surface area contributed by atoms with Gasteiger partial charge in [-0.2, -0.15) is 0 Å². The van der Waals surface area contributed by atoms with Crippen LogP contribution in [0.4, 0.5) is 4.39 Å². The molecule has 0 fully saturated rings. The Balaban J connectivity index is 2.41. The number of aliphatic carboxylic acids is 1. The molecule has 0 unspecified atom stereocenters. The van der Waals surface area contributed by atoms with E-state index in [-0.39, 0.29) is 12.2 Å². The third kappa shape index (κ3) is 3.42. The number of rotatable bonds is 4. The summed E-state index contributed by atoms with van der Waals surface area (Å²) >= 11 is 0. The van der Waals surface area contributed by atoms with Crippen molar-refractivity contribution >= 4 is 5.97 Å². The number of hydrogen-bond acceptors (Lipinski definition) is 3. The summed E-state index contributed by atoms with van der Waals surface area (Å²) in [6, 6.07) is 4.49. The lowest BCUT2D eigenvalue weighted by atomic mass is 10.0. The van der Waals surface area contributed by atoms with Gasteiger partial charge in [-0.1, -0.05) is 0 Å². The van der Waals surface area contributed by atoms with E-state index >= 15 is 0 Å². The quantitative estimate of drug-likeness (QED) is 0.938. The van der Waals surface area contributed by atoms with Crippen molar-refractivity contribution in [3.63, 3.8) is 0 Å². The molecule has 1 aromatic heterocycles. The van der Waals surface area contributed by atoms with Gasteiger partial charge in [-0.3, -0.25) is 4.79 Å². The summed E-state index contributed by atoms with van der Waals surface area (Å²) in [5, 5.41) is 8.78. The fourth-order valence-corrected chi connectivity index (χ4v) is 2.33. The number of aryl methyl sites for hydroxylation is 3. The number of carboxylic acid groups (broad SMARTS) is 1. The Morgan fingerprint density at radius 3 is 2.33 bits per heavy atom. The molecule has 110 valence electrons. The highest BCUT2D eigenvalue weighted by Crippen LogP contribution is 2.23. The molecule has 2 rings (SSSR count). The molecular formula is C16H17FN2O2. The fourth-order valence-electron chi connectivity index (χ4n) is 2.33. The lowest BCUT2D eigenvalue weighted by Crippen LogP contribution is -2.06. The van der Waals surface area contributed by atoms with Crippen LogP contribution >= 0.6 is 0 Å². The molecular weight excluding hydrogens is 271 g/mol. The van der Waals surface area contributed by atoms with E-state index in [2.05, 4.69) is 9.97 Å². The highest BCUT2D eigenvalue weighted by molar-refractivity contribution is 5.67. The highest BCUT2D eigenvalue weighted by atomic mass is 19.1. The van der Waals surface area contributed by atoms with Crippen LogP contribution in [0.1, 0.15) is 28.9 Å². The molecule has 0 saturated carbocycles. The number of hydrogen-bond donors (Lipinski definition) is 1. The van der Waals surface area contributed by atoms with Crippen molar-refractivity contribution in [2.45, 2.75) is 33.6 Å². The Morgan fingerprint density at radius 2 is 1.81 bits per heavy atom. The number of nitrogens with zero attached hydrogens (tertiary/aromatic N) is 2. The summed E-state index contributed by atoms with van der Waals surface area (Å²) in [4.78, 5) is 19.6. The van der Waals surface area contributed by atoms with Crippen molar-refractivity contribution in [1.82, 2.24) is 9.97 Å². The van der Waals surface area contributed by atoms with Gasteiger partial charge in [-0.15, -0.1) is 0 Å². The van der Waals surface area contributed by atoms with Crippen LogP contribution in [0, 0.1) is 26.6 Å². The molecule has 0 saturated heterocycles. The Labute approximate surface area is 122 Å². The van der Waals surface area contributed by atoms with Crippen LogP contribution in [-0.4, -0.2) is 21.0 Å². The smallest absolute Gasteiger partial charge is 0.303 e. The van der Waals surface area contributed by atoms with Crippen molar-refractivity contribution in [1.29, 1.82) is 0 Å². The van der Waals surface area contributed by atoms with E-state index in [1.165, 1.54) is 12.1 Å². The van der Waals surface area contributed by atoms with Gasteiger partial charge < -0.3 is 5.11 Å². The molecule has 0 radical (unpaired) electrons. The third-order valence-electron chi connectivity index (χ3n) is 3.44. The van der Waals surface area contributed by atoms with Crippen LogP contribution in [0.25, 0.3) is 11.4 Å². The maximum Gasteiger partial charge on any atom is 0.303 e. The first-order valence-corrected chi connectivity index (χ1v) is 6.71. The first kappa shape index (κ1) is 15.1. The molecule has 0 aliphatic heterocycles. The fraction of sp³-hybridized carbons (Fsp3) is 0.312. The summed E-state index contributed by atoms with van der Waals surface area (Å²) in [6.45, 7) is 5.49. The zero-order valence-corrected chi connectivity index (χ0v) is 12.3. The standard InChI is InChI=1S/C16H17FN2O2/c1-9-8-12(17)4-5-13(9)16-18-10(2)14(11(3)19-16)6-7-15(20)21/h4-5,8H,6-7H2,1-3H3,(H,20,21). The SMILES string of the molecule is Cc1cc(F)ccc1-c1nc(C)c(CCC(=O)O)c(C)n1. The van der Waals surface area contributed by atoms with Crippen LogP contribution in [-0.2, 0) is 11.2 Å². The van der Waals surface area contributed by atoms with Crippen LogP contribution < -0.4 is 0 Å². The van der Waals surface area contributed by atoms with Crippen molar-refractivity contribution in [2.75, 3.05) is 0 Å². The lowest BCUT2D eigenvalue weighted by Gasteiger charge is -2.11. The second-order valence-electron chi connectivity index (χ2n) is 5.05. The zero-order valence-electron chi connectivity index (χ0n) is 12.3. The van der Waals surface area contributed by atoms with E-state index in [9.17, 15) is 9.18 Å². The zero-order chi connectivity index (χ0) is 15.6. The summed E-state index contributed by atoms with van der Waals surface area (Å²) in [6.07, 6.45) is 0.468. The van der Waals surface area contributed by atoms with Gasteiger partial charge in [0.25, 0.3) is 0 Å². The van der Waals surface area contributed by atoms with E-state index in [0.717, 1.165) is 28.1 Å². The van der Waals surface area contributed by atoms with Gasteiger partial charge in [-0.25, -0.2) is 14.4 Å². The van der Waals surface area contributed by atoms with Crippen molar-refractivity contribution < 1.29 is 14.3 Å². The molecule has 0 spiro atoms. The normalized spacial score (nSPS) is 10.7. The van der Waals surface area contributed by atoms with Crippen LogP contribution in [0.3, 0.4) is 0 Å². The Hall–Kier alpha value is -2.30. The molecule has 4 nitrogen and oxygen atoms in total. The summed E-state index contributed by atoms with van der Waals surface area (Å²) < 4.78 is 13.2. The van der Waals surface area contributed by atoms with Gasteiger partial charge in [0, 0.05) is 23.4 Å². The summed E-state index contributed by atoms with van der Waals surface area (Å²) in [5.74, 6) is -0.586. The number of halogens is 1. The number of carbonyl (C=O) groups is 1. The van der Waals surface area contributed by atoms with Crippen LogP contribution in [0.15, 0.2) is 18.2 Å². The number of carboxylic acids is 1. The predicted molar refractivity (Wildman–Crippen MR) is 77.6 cm³/mol. The first-order chi connectivity index (χ1) is 9.88. The predicted octanol–water partition coefficient (Wildman–Crippen LogP) is 3.23. The van der Waals surface area contributed by atoms with E-state index < -0.39 is 5.97 Å². The second kappa shape index (κ2) is 5.99. The molecule has 1 N–H and O–H groups in total. The molecule has 0 aliphatic carbocycles. The highest BCUT2D eigenvalue weighted by Gasteiger charge is 2.13. The van der Waals surface area contributed by atoms with E-state index in [1.807, 2.05) is 20.8 Å². The average Bonchev–Trinajstić information content (AvgIpc) is 2.37. The molecule has 0 atom stereocenters. The van der Waals surface area contributed by atoms with Gasteiger partial charge >= 0.3 is 5.97 Å². The largest absolute Gasteiger partial charge is 0.481 e. The minimum Gasteiger partial charge on any atom is -0.481 e. The van der Waals surface area contributed by atoms with Crippen molar-refractivity contribution in [3.8, 4) is 11.4 Å². The van der Waals surface area contributed by atoms with Crippen LogP contribution in [0.5, 0.6) is 0 Å². The molecule has 1 aromatic carbocycles. The van der Waals surface area contributed by atoms with Gasteiger partial charge in [0.2, 0.25) is 0 Å². The molecule has 21 heavy (non-hydrogen) atoms. The van der Waals surface area contributed by atoms with Gasteiger partial charge in [0.1, 0.15) is 5.82 Å². The molecule has 0 amide bonds. The Bertz CT molecular complexity index is 676. The topological polar surface area (TPSA) is 63.1 Å². The molecule has 0 aliphatic rings. The molecule has 5 heteroatoms. The minimum absolute atomic E-state index is 0.0555. The monoisotopic (exact) mass is 288 g/mol. The summed E-state index contributed by atoms with van der Waals surface area (Å²) in [5.41, 5.74) is 3.95. The maximum absolute atomic E-state index is 13.2. The Morgan fingerprint density at radius 1 is 1.19 bits per heavy atom. The van der Waals surface area contributed by atoms with Gasteiger partial charge in [-0.05, 0) is 56.5 Å². The summed E-state index contributed by atoms with van der Waals surface area (Å²) in [7, 11) is 0. The number of aromatic nitrogens is 2. The first-order valence-electron chi connectivity index (χ1n) is 6.71. The van der Waals surface area contributed by atoms with E-state index in [0.29, 0.717) is 12.2 Å². The van der Waals surface area contributed by atoms with Gasteiger partial charge in [0.05, 0.1) is 0 Å². The third-order valence-corrected chi connectivity index (χ3v) is 3.44. The number of benzene rings is 1. The Kier molecular flexibility index (Phi) is 4.31. The van der Waals surface area contributed by atoms with Crippen molar-refractivity contribution in [3.05, 3.63) is 46.5 Å². The minimum atomic E-state index is -0.841. The van der Waals surface area contributed by atoms with Gasteiger partial charge in [0.15, 0.2) is 5.82 Å². The van der Waals surface area contributed by atoms with Crippen molar-refractivity contribution in [2.24, 2.45) is 0 Å². The van der Waals surface area contributed by atoms with E-state index in [4.69, 9.17) is 5.11 Å².